The molecule has 3 rings (SSSR count). The Hall–Kier alpha value is -1.04. The van der Waals surface area contributed by atoms with E-state index in [0.717, 1.165) is 50.3 Å². The molecule has 0 aromatic carbocycles. The van der Waals surface area contributed by atoms with Crippen molar-refractivity contribution in [1.29, 1.82) is 0 Å². The molecule has 1 aromatic heterocycles. The Bertz CT molecular complexity index is 491. The lowest BCUT2D eigenvalue weighted by Gasteiger charge is -2.25. The topological polar surface area (TPSA) is 71.2 Å². The fourth-order valence-corrected chi connectivity index (χ4v) is 3.30. The summed E-state index contributed by atoms with van der Waals surface area (Å²) in [6.45, 7) is 2.16. The molecule has 1 aliphatic heterocycles. The minimum Gasteiger partial charge on any atom is -0.357 e. The van der Waals surface area contributed by atoms with E-state index < -0.39 is 0 Å². The number of halogens is 2. The smallest absolute Gasteiger partial charge is 0.227 e. The third-order valence-electron chi connectivity index (χ3n) is 4.53. The second kappa shape index (κ2) is 9.30. The van der Waals surface area contributed by atoms with Crippen LogP contribution in [0.1, 0.15) is 38.5 Å². The SMILES string of the molecule is Cl.Cl.NC1CCCC(C(=O)Nc2ccc(N3CCCC3)nc2)C1. The molecule has 1 aromatic rings. The van der Waals surface area contributed by atoms with Gasteiger partial charge in [-0.25, -0.2) is 4.98 Å². The van der Waals surface area contributed by atoms with E-state index >= 15 is 0 Å². The highest BCUT2D eigenvalue weighted by Crippen LogP contribution is 2.25. The Morgan fingerprint density at radius 1 is 1.17 bits per heavy atom. The van der Waals surface area contributed by atoms with Gasteiger partial charge in [0.2, 0.25) is 5.91 Å². The number of carbonyl (C=O) groups is 1. The van der Waals surface area contributed by atoms with E-state index in [0.29, 0.717) is 0 Å². The molecule has 1 aliphatic carbocycles. The van der Waals surface area contributed by atoms with Gasteiger partial charge in [-0.15, -0.1) is 24.8 Å². The summed E-state index contributed by atoms with van der Waals surface area (Å²) in [7, 11) is 0. The molecule has 1 saturated carbocycles. The highest BCUT2D eigenvalue weighted by Gasteiger charge is 2.25. The number of nitrogens with zero attached hydrogens (tertiary/aromatic N) is 2. The average molecular weight is 361 g/mol. The van der Waals surface area contributed by atoms with Crippen LogP contribution in [0, 0.1) is 5.92 Å². The van der Waals surface area contributed by atoms with Crippen LogP contribution in [0.4, 0.5) is 11.5 Å². The molecule has 2 atom stereocenters. The van der Waals surface area contributed by atoms with Gasteiger partial charge in [0.1, 0.15) is 5.82 Å². The lowest BCUT2D eigenvalue weighted by atomic mass is 9.85. The van der Waals surface area contributed by atoms with Crippen molar-refractivity contribution in [2.24, 2.45) is 11.7 Å². The highest BCUT2D eigenvalue weighted by atomic mass is 35.5. The first-order valence-corrected chi connectivity index (χ1v) is 8.00. The zero-order valence-electron chi connectivity index (χ0n) is 13.2. The molecular formula is C16H26Cl2N4O. The lowest BCUT2D eigenvalue weighted by molar-refractivity contribution is -0.120. The van der Waals surface area contributed by atoms with Crippen molar-refractivity contribution in [1.82, 2.24) is 4.98 Å². The molecule has 3 N–H and O–H groups in total. The van der Waals surface area contributed by atoms with Crippen LogP contribution in [0.15, 0.2) is 18.3 Å². The van der Waals surface area contributed by atoms with E-state index in [1.165, 1.54) is 12.8 Å². The summed E-state index contributed by atoms with van der Waals surface area (Å²) in [5.41, 5.74) is 6.73. The van der Waals surface area contributed by atoms with Crippen LogP contribution in [0.3, 0.4) is 0 Å². The quantitative estimate of drug-likeness (QED) is 0.868. The van der Waals surface area contributed by atoms with Gasteiger partial charge in [-0.3, -0.25) is 4.79 Å². The average Bonchev–Trinajstić information content (AvgIpc) is 3.02. The van der Waals surface area contributed by atoms with Gasteiger partial charge < -0.3 is 16.0 Å². The third-order valence-corrected chi connectivity index (χ3v) is 4.53. The maximum Gasteiger partial charge on any atom is 0.227 e. The Morgan fingerprint density at radius 3 is 2.52 bits per heavy atom. The van der Waals surface area contributed by atoms with E-state index in [9.17, 15) is 4.79 Å². The van der Waals surface area contributed by atoms with Gasteiger partial charge in [0.25, 0.3) is 0 Å². The maximum atomic E-state index is 12.2. The Morgan fingerprint density at radius 2 is 1.91 bits per heavy atom. The van der Waals surface area contributed by atoms with Crippen LogP contribution >= 0.6 is 24.8 Å². The molecule has 0 bridgehead atoms. The van der Waals surface area contributed by atoms with Crippen molar-refractivity contribution >= 4 is 42.2 Å². The molecule has 0 spiro atoms. The molecule has 7 heteroatoms. The summed E-state index contributed by atoms with van der Waals surface area (Å²) in [6.07, 6.45) is 8.06. The first-order chi connectivity index (χ1) is 10.2. The van der Waals surface area contributed by atoms with E-state index in [1.54, 1.807) is 6.20 Å². The summed E-state index contributed by atoms with van der Waals surface area (Å²) in [5, 5.41) is 2.97. The molecule has 2 aliphatic rings. The number of anilines is 2. The Labute approximate surface area is 150 Å². The highest BCUT2D eigenvalue weighted by molar-refractivity contribution is 5.92. The molecule has 2 unspecified atom stereocenters. The van der Waals surface area contributed by atoms with Gasteiger partial charge in [0, 0.05) is 25.0 Å². The normalized spacial score (nSPS) is 23.6. The molecule has 1 saturated heterocycles. The number of aromatic nitrogens is 1. The summed E-state index contributed by atoms with van der Waals surface area (Å²) in [4.78, 5) is 19.0. The van der Waals surface area contributed by atoms with Gasteiger partial charge in [-0.1, -0.05) is 6.42 Å². The van der Waals surface area contributed by atoms with Crippen molar-refractivity contribution in [3.05, 3.63) is 18.3 Å². The first kappa shape index (κ1) is 20.0. The maximum absolute atomic E-state index is 12.2. The van der Waals surface area contributed by atoms with E-state index in [2.05, 4.69) is 15.2 Å². The monoisotopic (exact) mass is 360 g/mol. The second-order valence-electron chi connectivity index (χ2n) is 6.21. The Kier molecular flexibility index (Phi) is 8.09. The molecule has 2 heterocycles. The third kappa shape index (κ3) is 5.23. The predicted molar refractivity (Wildman–Crippen MR) is 98.7 cm³/mol. The number of nitrogens with one attached hydrogen (secondary N) is 1. The van der Waals surface area contributed by atoms with Crippen LogP contribution in [-0.2, 0) is 4.79 Å². The van der Waals surface area contributed by atoms with Crippen LogP contribution in [0.2, 0.25) is 0 Å². The predicted octanol–water partition coefficient (Wildman–Crippen LogP) is 2.98. The summed E-state index contributed by atoms with van der Waals surface area (Å²) in [5.74, 6) is 1.14. The van der Waals surface area contributed by atoms with E-state index in [1.807, 2.05) is 12.1 Å². The largest absolute Gasteiger partial charge is 0.357 e. The summed E-state index contributed by atoms with van der Waals surface area (Å²) in [6, 6.07) is 4.11. The van der Waals surface area contributed by atoms with Crippen LogP contribution in [0.5, 0.6) is 0 Å². The number of amides is 1. The van der Waals surface area contributed by atoms with Crippen molar-refractivity contribution < 1.29 is 4.79 Å². The van der Waals surface area contributed by atoms with Crippen LogP contribution in [-0.4, -0.2) is 30.0 Å². The molecule has 1 amide bonds. The van der Waals surface area contributed by atoms with Crippen molar-refractivity contribution in [3.8, 4) is 0 Å². The van der Waals surface area contributed by atoms with Crippen molar-refractivity contribution in [2.45, 2.75) is 44.6 Å². The standard InChI is InChI=1S/C16H24N4O.2ClH/c17-13-5-3-4-12(10-13)16(21)19-14-6-7-15(18-11-14)20-8-1-2-9-20;;/h6-7,11-13H,1-5,8-10,17H2,(H,19,21);2*1H. The van der Waals surface area contributed by atoms with Gasteiger partial charge >= 0.3 is 0 Å². The molecule has 130 valence electrons. The number of carbonyl (C=O) groups excluding carboxylic acids is 1. The van der Waals surface area contributed by atoms with Gasteiger partial charge in [-0.2, -0.15) is 0 Å². The van der Waals surface area contributed by atoms with Gasteiger partial charge in [-0.05, 0) is 44.2 Å². The van der Waals surface area contributed by atoms with Crippen LogP contribution < -0.4 is 16.0 Å². The second-order valence-corrected chi connectivity index (χ2v) is 6.21. The minimum atomic E-state index is 0. The number of pyridine rings is 1. The number of nitrogens with two attached hydrogens (primary N) is 1. The fraction of sp³-hybridized carbons (Fsp3) is 0.625. The van der Waals surface area contributed by atoms with Crippen molar-refractivity contribution in [3.63, 3.8) is 0 Å². The number of hydrogen-bond acceptors (Lipinski definition) is 4. The zero-order chi connectivity index (χ0) is 14.7. The van der Waals surface area contributed by atoms with E-state index in [4.69, 9.17) is 5.73 Å². The molecule has 0 radical (unpaired) electrons. The van der Waals surface area contributed by atoms with Crippen molar-refractivity contribution in [2.75, 3.05) is 23.3 Å². The fourth-order valence-electron chi connectivity index (χ4n) is 3.30. The first-order valence-electron chi connectivity index (χ1n) is 8.00. The number of hydrogen-bond donors (Lipinski definition) is 2. The molecule has 5 nitrogen and oxygen atoms in total. The van der Waals surface area contributed by atoms with Crippen LogP contribution in [0.25, 0.3) is 0 Å². The van der Waals surface area contributed by atoms with E-state index in [-0.39, 0.29) is 42.7 Å². The molecular weight excluding hydrogens is 335 g/mol. The molecule has 2 fully saturated rings. The zero-order valence-corrected chi connectivity index (χ0v) is 14.9. The number of rotatable bonds is 3. The summed E-state index contributed by atoms with van der Waals surface area (Å²) >= 11 is 0. The van der Waals surface area contributed by atoms with Gasteiger partial charge in [0.05, 0.1) is 11.9 Å². The van der Waals surface area contributed by atoms with Gasteiger partial charge in [0.15, 0.2) is 0 Å². The minimum absolute atomic E-state index is 0. The summed E-state index contributed by atoms with van der Waals surface area (Å²) < 4.78 is 0. The molecule has 23 heavy (non-hydrogen) atoms. The lowest BCUT2D eigenvalue weighted by Crippen LogP contribution is -2.34. The Balaban J connectivity index is 0.00000132.